The highest BCUT2D eigenvalue weighted by molar-refractivity contribution is 7.52. The van der Waals surface area contributed by atoms with E-state index < -0.39 is 125 Å². The lowest BCUT2D eigenvalue weighted by atomic mass is 10.1. The monoisotopic (exact) mass is 1340 g/mol. The van der Waals surface area contributed by atoms with E-state index in [0.29, 0.717) is 16.3 Å². The number of aliphatic hydroxyl groups excluding tert-OH is 2. The summed E-state index contributed by atoms with van der Waals surface area (Å²) in [5.41, 5.74) is 13.0. The minimum absolute atomic E-state index is 0. The van der Waals surface area contributed by atoms with Crippen molar-refractivity contribution < 1.29 is 85.0 Å². The molecule has 0 bridgehead atoms. The molecule has 2 unspecified atom stereocenters. The van der Waals surface area contributed by atoms with Gasteiger partial charge in [-0.05, 0) is 78.3 Å². The molecule has 0 radical (unpaired) electrons. The third kappa shape index (κ3) is 16.6. The number of esters is 4. The van der Waals surface area contributed by atoms with Crippen LogP contribution < -0.4 is 30.7 Å². The molecule has 0 amide bonds. The number of anilines is 2. The number of nitrogen functional groups attached to an aromatic ring is 2. The molecule has 30 nitrogen and oxygen atoms in total. The number of carbonyl (C=O) groups is 4. The number of carbonyl (C=O) groups excluding carboxylic acids is 4. The maximum Gasteiger partial charge on any atom is 0.459 e. The average Bonchev–Trinajstić information content (AvgIpc) is 1.59. The summed E-state index contributed by atoms with van der Waals surface area (Å²) in [6, 6.07) is 22.8. The van der Waals surface area contributed by atoms with Gasteiger partial charge in [0.05, 0.1) is 37.1 Å². The van der Waals surface area contributed by atoms with Gasteiger partial charge in [0.1, 0.15) is 71.7 Å². The molecule has 2 fully saturated rings. The number of aliphatic hydroxyl groups is 2. The molecular weight excluding hydrogens is 1260 g/mol. The predicted octanol–water partition coefficient (Wildman–Crippen LogP) is 8.60. The number of nitrogens with zero attached hydrogens (tertiary/aromatic N) is 8. The number of fused-ring (bicyclic) bond motifs is 4. The van der Waals surface area contributed by atoms with Crippen molar-refractivity contribution in [3.8, 4) is 11.5 Å². The molecule has 2 saturated heterocycles. The van der Waals surface area contributed by atoms with Crippen LogP contribution in [0.4, 0.5) is 11.6 Å². The lowest BCUT2D eigenvalue weighted by Crippen LogP contribution is -2.44. The summed E-state index contributed by atoms with van der Waals surface area (Å²) < 4.78 is 90.8. The number of hydrogen-bond donors (Lipinski definition) is 6. The fourth-order valence-corrected chi connectivity index (χ4v) is 13.6. The molecule has 0 aliphatic carbocycles. The van der Waals surface area contributed by atoms with Crippen LogP contribution in [-0.4, -0.2) is 146 Å². The molecule has 10 rings (SSSR count). The maximum atomic E-state index is 14.7. The van der Waals surface area contributed by atoms with Crippen LogP contribution in [0, 0.1) is 0 Å². The first kappa shape index (κ1) is 73.1. The van der Waals surface area contributed by atoms with Crippen LogP contribution in [0.2, 0.25) is 0 Å². The molecular formula is C62H82N12O18P2. The third-order valence-corrected chi connectivity index (χ3v) is 18.0. The standard InChI is InChI=1S/C33H41N6O10P.C27H33N6O8P.2CH4/c1-7-24(40)45-28-27(47-32(29(28)46-25(41)8-2)39-17-37-26-30(34)35-16-36-31(26)39)20(6)48-50(43,38-19(5)33(42)44-18(3)4)49-23-15-11-13-21-12-9-10-14-22(21)23;1-14(2)38-27(36)15(3)32-42(37,41-19-11-7-9-17-8-5-6-10-18(17)19)40-16(4)23-21(34)22(35)26(39-23)33-13-31-20-24(28)29-12-30-25(20)33;;/h9-20,27-29,32H,7-8H2,1-6H3,(H,38,43)(H2,34,35,36);5-16,21-23,26,34-35H,1-4H3,(H,32,37)(H2,28,29,30);2*1H4/t19-,20-,27+,28+,29+,32+,50?;15-,16-,21-,22+,23+,26+,42?;;/m00../s1. The Balaban J connectivity index is 0.000000264. The van der Waals surface area contributed by atoms with Crippen molar-refractivity contribution in [2.45, 2.75) is 183 Å². The highest BCUT2D eigenvalue weighted by atomic mass is 31.2. The molecule has 4 aromatic heterocycles. The summed E-state index contributed by atoms with van der Waals surface area (Å²) in [6.07, 6.45) is -7.93. The van der Waals surface area contributed by atoms with Crippen molar-refractivity contribution in [2.75, 3.05) is 11.5 Å². The number of benzene rings is 4. The Labute approximate surface area is 542 Å². The van der Waals surface area contributed by atoms with Gasteiger partial charge in [-0.3, -0.25) is 37.4 Å². The van der Waals surface area contributed by atoms with Gasteiger partial charge in [-0.1, -0.05) is 101 Å². The SMILES string of the molecule is C.C.CC(C)OC(=O)[C@H](C)NP(=O)(Oc1cccc2ccccc12)O[C@@H](C)[C@H]1O[C@@H](n2cnc3c(N)ncnc32)[C@H](O)[C@@H]1O.CCC(=O)O[C@H]1[C@@H](OC(=O)CC)[C@H](n2cnc3c(N)ncnc32)O[C@@H]1[C@H](C)OP(=O)(N[C@@H](C)C(=O)OC(C)C)Oc1cccc2ccccc12. The number of nitrogens with two attached hydrogens (primary N) is 2. The highest BCUT2D eigenvalue weighted by Gasteiger charge is 2.55. The Morgan fingerprint density at radius 1 is 0.553 bits per heavy atom. The zero-order chi connectivity index (χ0) is 66.3. The first-order valence-electron chi connectivity index (χ1n) is 29.6. The van der Waals surface area contributed by atoms with Crippen molar-refractivity contribution in [1.82, 2.24) is 49.2 Å². The molecule has 508 valence electrons. The molecule has 0 saturated carbocycles. The van der Waals surface area contributed by atoms with Gasteiger partial charge in [-0.15, -0.1) is 0 Å². The van der Waals surface area contributed by atoms with Crippen LogP contribution in [-0.2, 0) is 65.8 Å². The van der Waals surface area contributed by atoms with Gasteiger partial charge in [-0.2, -0.15) is 10.2 Å². The van der Waals surface area contributed by atoms with E-state index in [1.54, 1.807) is 84.0 Å². The molecule has 14 atom stereocenters. The summed E-state index contributed by atoms with van der Waals surface area (Å²) in [7, 11) is -8.85. The Bertz CT molecular complexity index is 4040. The van der Waals surface area contributed by atoms with Crippen molar-refractivity contribution >= 4 is 94.9 Å². The number of hydrogen-bond acceptors (Lipinski definition) is 26. The van der Waals surface area contributed by atoms with Crippen LogP contribution in [0.3, 0.4) is 0 Å². The topological polar surface area (TPSA) is 398 Å². The first-order chi connectivity index (χ1) is 43.8. The smallest absolute Gasteiger partial charge is 0.459 e. The fourth-order valence-electron chi connectivity index (χ4n) is 10.2. The van der Waals surface area contributed by atoms with E-state index in [1.807, 2.05) is 42.5 Å². The molecule has 0 spiro atoms. The van der Waals surface area contributed by atoms with Crippen LogP contribution in [0.5, 0.6) is 11.5 Å². The predicted molar refractivity (Wildman–Crippen MR) is 346 cm³/mol. The second-order valence-electron chi connectivity index (χ2n) is 22.2. The lowest BCUT2D eigenvalue weighted by molar-refractivity contribution is -0.168. The van der Waals surface area contributed by atoms with Gasteiger partial charge in [0.2, 0.25) is 0 Å². The number of rotatable bonds is 24. The van der Waals surface area contributed by atoms with Gasteiger partial charge in [0, 0.05) is 23.6 Å². The van der Waals surface area contributed by atoms with Gasteiger partial charge in [0.25, 0.3) is 0 Å². The number of imidazole rings is 2. The fraction of sp³-hybridized carbons (Fsp3) is 0.452. The van der Waals surface area contributed by atoms with E-state index in [4.69, 9.17) is 58.0 Å². The average molecular weight is 1350 g/mol. The third-order valence-electron chi connectivity index (χ3n) is 14.5. The lowest BCUT2D eigenvalue weighted by Gasteiger charge is -2.30. The Kier molecular flexibility index (Phi) is 24.4. The first-order valence-corrected chi connectivity index (χ1v) is 32.7. The molecule has 6 heterocycles. The molecule has 8 aromatic rings. The summed E-state index contributed by atoms with van der Waals surface area (Å²) in [4.78, 5) is 75.8. The van der Waals surface area contributed by atoms with Crippen molar-refractivity contribution in [2.24, 2.45) is 0 Å². The van der Waals surface area contributed by atoms with E-state index in [-0.39, 0.29) is 67.6 Å². The molecule has 32 heteroatoms. The second kappa shape index (κ2) is 31.3. The number of aromatic nitrogens is 8. The highest BCUT2D eigenvalue weighted by Crippen LogP contribution is 2.52. The second-order valence-corrected chi connectivity index (χ2v) is 25.5. The maximum absolute atomic E-state index is 14.7. The summed E-state index contributed by atoms with van der Waals surface area (Å²) in [5.74, 6) is -1.86. The summed E-state index contributed by atoms with van der Waals surface area (Å²) in [5, 5.41) is 30.1. The van der Waals surface area contributed by atoms with E-state index in [0.717, 1.165) is 10.8 Å². The van der Waals surface area contributed by atoms with Crippen LogP contribution in [0.15, 0.2) is 110 Å². The van der Waals surface area contributed by atoms with Gasteiger partial charge >= 0.3 is 39.4 Å². The Morgan fingerprint density at radius 3 is 1.40 bits per heavy atom. The molecule has 2 aliphatic rings. The van der Waals surface area contributed by atoms with Crippen molar-refractivity contribution in [3.63, 3.8) is 0 Å². The minimum Gasteiger partial charge on any atom is -0.462 e. The molecule has 8 N–H and O–H groups in total. The van der Waals surface area contributed by atoms with E-state index in [1.165, 1.54) is 62.1 Å². The van der Waals surface area contributed by atoms with Crippen LogP contribution >= 0.6 is 15.5 Å². The van der Waals surface area contributed by atoms with Crippen LogP contribution in [0.1, 0.15) is 109 Å². The van der Waals surface area contributed by atoms with Crippen molar-refractivity contribution in [3.05, 3.63) is 110 Å². The summed E-state index contributed by atoms with van der Waals surface area (Å²) >= 11 is 0. The normalized spacial score (nSPS) is 21.9. The molecule has 2 aliphatic heterocycles. The molecule has 94 heavy (non-hydrogen) atoms. The van der Waals surface area contributed by atoms with E-state index in [2.05, 4.69) is 40.1 Å². The largest absolute Gasteiger partial charge is 0.462 e. The summed E-state index contributed by atoms with van der Waals surface area (Å²) in [6.45, 7) is 15.9. The van der Waals surface area contributed by atoms with Gasteiger partial charge in [-0.25, -0.2) is 39.0 Å². The Hall–Kier alpha value is -8.28. The minimum atomic E-state index is -4.49. The zero-order valence-corrected chi connectivity index (χ0v) is 53.7. The van der Waals surface area contributed by atoms with E-state index >= 15 is 0 Å². The van der Waals surface area contributed by atoms with Crippen LogP contribution in [0.25, 0.3) is 43.9 Å². The van der Waals surface area contributed by atoms with Gasteiger partial charge < -0.3 is 59.1 Å². The van der Waals surface area contributed by atoms with E-state index in [9.17, 15) is 38.5 Å². The Morgan fingerprint density at radius 2 is 0.957 bits per heavy atom. The zero-order valence-electron chi connectivity index (χ0n) is 51.9. The number of ether oxygens (including phenoxy) is 6. The van der Waals surface area contributed by atoms with Crippen molar-refractivity contribution in [1.29, 1.82) is 0 Å². The molecule has 4 aromatic carbocycles. The number of nitrogens with one attached hydrogen (secondary N) is 2. The van der Waals surface area contributed by atoms with Gasteiger partial charge in [0.15, 0.2) is 47.6 Å². The quantitative estimate of drug-likeness (QED) is 0.0187.